The number of nitrogens with zero attached hydrogens (tertiary/aromatic N) is 1. The second kappa shape index (κ2) is 6.26. The number of hydrogen-bond acceptors (Lipinski definition) is 4. The fourth-order valence-electron chi connectivity index (χ4n) is 1.30. The summed E-state index contributed by atoms with van der Waals surface area (Å²) in [4.78, 5) is 16.8. The topological polar surface area (TPSA) is 42.0 Å². The highest BCUT2D eigenvalue weighted by molar-refractivity contribution is 9.11. The number of rotatable bonds is 4. The Morgan fingerprint density at radius 2 is 2.39 bits per heavy atom. The van der Waals surface area contributed by atoms with Crippen LogP contribution in [0, 0.1) is 6.92 Å². The second-order valence-electron chi connectivity index (χ2n) is 3.60. The van der Waals surface area contributed by atoms with Crippen molar-refractivity contribution in [2.24, 2.45) is 0 Å². The molecular weight excluding hydrogens is 332 g/mol. The van der Waals surface area contributed by atoms with Gasteiger partial charge in [-0.15, -0.1) is 22.7 Å². The summed E-state index contributed by atoms with van der Waals surface area (Å²) in [5, 5.41) is 4.83. The smallest absolute Gasteiger partial charge is 0.244 e. The maximum Gasteiger partial charge on any atom is 0.244 e. The van der Waals surface area contributed by atoms with Gasteiger partial charge < -0.3 is 5.32 Å². The van der Waals surface area contributed by atoms with Crippen LogP contribution in [0.15, 0.2) is 26.8 Å². The summed E-state index contributed by atoms with van der Waals surface area (Å²) < 4.78 is 1.06. The monoisotopic (exact) mass is 342 g/mol. The van der Waals surface area contributed by atoms with Crippen LogP contribution in [0.4, 0.5) is 0 Å². The largest absolute Gasteiger partial charge is 0.348 e. The molecule has 0 bridgehead atoms. The first-order valence-electron chi connectivity index (χ1n) is 5.24. The minimum absolute atomic E-state index is 0.0925. The van der Waals surface area contributed by atoms with Crippen molar-refractivity contribution < 1.29 is 4.79 Å². The Balaban J connectivity index is 1.86. The van der Waals surface area contributed by atoms with E-state index in [0.717, 1.165) is 19.9 Å². The molecule has 0 atom stereocenters. The third kappa shape index (κ3) is 3.76. The maximum absolute atomic E-state index is 11.6. The van der Waals surface area contributed by atoms with Crippen molar-refractivity contribution in [1.82, 2.24) is 10.3 Å². The third-order valence-electron chi connectivity index (χ3n) is 2.28. The van der Waals surface area contributed by atoms with Gasteiger partial charge in [0, 0.05) is 11.0 Å². The van der Waals surface area contributed by atoms with Gasteiger partial charge in [-0.2, -0.15) is 0 Å². The van der Waals surface area contributed by atoms with E-state index >= 15 is 0 Å². The molecule has 3 nitrogen and oxygen atoms in total. The molecule has 1 amide bonds. The number of carbonyl (C=O) groups excluding carboxylic acids is 1. The lowest BCUT2D eigenvalue weighted by Gasteiger charge is -1.99. The average Bonchev–Trinajstić information content (AvgIpc) is 2.93. The van der Waals surface area contributed by atoms with Gasteiger partial charge in [-0.1, -0.05) is 0 Å². The molecule has 0 aliphatic heterocycles. The summed E-state index contributed by atoms with van der Waals surface area (Å²) in [5.74, 6) is -0.0925. The number of halogens is 1. The molecule has 2 aromatic rings. The highest BCUT2D eigenvalue weighted by Crippen LogP contribution is 2.21. The number of thiazole rings is 1. The van der Waals surface area contributed by atoms with E-state index < -0.39 is 0 Å². The van der Waals surface area contributed by atoms with Crippen molar-refractivity contribution >= 4 is 50.6 Å². The van der Waals surface area contributed by atoms with Gasteiger partial charge in [-0.05, 0) is 45.9 Å². The van der Waals surface area contributed by atoms with Crippen molar-refractivity contribution in [3.8, 4) is 0 Å². The maximum atomic E-state index is 11.6. The SMILES string of the molecule is Cc1ncsc1CNC(=O)C=Cc1csc(Br)c1. The summed E-state index contributed by atoms with van der Waals surface area (Å²) in [6.45, 7) is 2.48. The van der Waals surface area contributed by atoms with E-state index in [1.807, 2.05) is 18.4 Å². The number of aryl methyl sites for hydroxylation is 1. The third-order valence-corrected chi connectivity index (χ3v) is 4.74. The Morgan fingerprint density at radius 1 is 1.56 bits per heavy atom. The van der Waals surface area contributed by atoms with Crippen LogP contribution in [0.2, 0.25) is 0 Å². The first kappa shape index (κ1) is 13.5. The normalized spacial score (nSPS) is 11.0. The molecule has 18 heavy (non-hydrogen) atoms. The van der Waals surface area contributed by atoms with E-state index in [1.165, 1.54) is 0 Å². The number of amides is 1. The summed E-state index contributed by atoms with van der Waals surface area (Å²) in [7, 11) is 0. The number of aromatic nitrogens is 1. The lowest BCUT2D eigenvalue weighted by atomic mass is 10.3. The van der Waals surface area contributed by atoms with E-state index in [1.54, 1.807) is 40.3 Å². The molecule has 94 valence electrons. The van der Waals surface area contributed by atoms with E-state index in [2.05, 4.69) is 26.2 Å². The predicted octanol–water partition coefficient (Wildman–Crippen LogP) is 3.61. The number of carbonyl (C=O) groups is 1. The van der Waals surface area contributed by atoms with Crippen LogP contribution in [0.3, 0.4) is 0 Å². The first-order valence-corrected chi connectivity index (χ1v) is 7.79. The van der Waals surface area contributed by atoms with E-state index in [4.69, 9.17) is 0 Å². The second-order valence-corrected chi connectivity index (χ2v) is 6.83. The molecule has 0 aromatic carbocycles. The molecule has 2 rings (SSSR count). The standard InChI is InChI=1S/C12H11BrN2OS2/c1-8-10(18-7-15-8)5-14-12(16)3-2-9-4-11(13)17-6-9/h2-4,6-7H,5H2,1H3,(H,14,16). The molecule has 0 aliphatic carbocycles. The Bertz CT molecular complexity index is 574. The Morgan fingerprint density at radius 3 is 3.00 bits per heavy atom. The summed E-state index contributed by atoms with van der Waals surface area (Å²) in [6.07, 6.45) is 3.35. The lowest BCUT2D eigenvalue weighted by Crippen LogP contribution is -2.20. The zero-order valence-electron chi connectivity index (χ0n) is 9.64. The van der Waals surface area contributed by atoms with Gasteiger partial charge in [0.05, 0.1) is 21.5 Å². The lowest BCUT2D eigenvalue weighted by molar-refractivity contribution is -0.116. The van der Waals surface area contributed by atoms with Crippen molar-refractivity contribution in [2.75, 3.05) is 0 Å². The number of thiophene rings is 1. The summed E-state index contributed by atoms with van der Waals surface area (Å²) in [5.41, 5.74) is 3.79. The zero-order chi connectivity index (χ0) is 13.0. The van der Waals surface area contributed by atoms with Crippen LogP contribution in [0.25, 0.3) is 6.08 Å². The Labute approximate surface area is 122 Å². The first-order chi connectivity index (χ1) is 8.65. The Hall–Kier alpha value is -0.980. The molecule has 0 saturated heterocycles. The average molecular weight is 343 g/mol. The van der Waals surface area contributed by atoms with E-state index in [-0.39, 0.29) is 5.91 Å². The van der Waals surface area contributed by atoms with Crippen LogP contribution < -0.4 is 5.32 Å². The van der Waals surface area contributed by atoms with E-state index in [0.29, 0.717) is 6.54 Å². The Kier molecular flexibility index (Phi) is 4.68. The van der Waals surface area contributed by atoms with Gasteiger partial charge in [0.1, 0.15) is 0 Å². The summed E-state index contributed by atoms with van der Waals surface area (Å²) in [6, 6.07) is 1.97. The quantitative estimate of drug-likeness (QED) is 0.862. The van der Waals surface area contributed by atoms with Crippen molar-refractivity contribution in [3.63, 3.8) is 0 Å². The molecule has 0 spiro atoms. The predicted molar refractivity (Wildman–Crippen MR) is 79.8 cm³/mol. The molecule has 0 unspecified atom stereocenters. The van der Waals surface area contributed by atoms with Gasteiger partial charge in [0.2, 0.25) is 5.91 Å². The fraction of sp³-hybridized carbons (Fsp3) is 0.167. The van der Waals surface area contributed by atoms with Crippen LogP contribution in [0.1, 0.15) is 16.1 Å². The van der Waals surface area contributed by atoms with Crippen LogP contribution in [-0.4, -0.2) is 10.9 Å². The van der Waals surface area contributed by atoms with Crippen molar-refractivity contribution in [2.45, 2.75) is 13.5 Å². The fourth-order valence-corrected chi connectivity index (χ4v) is 3.17. The molecule has 2 heterocycles. The van der Waals surface area contributed by atoms with Gasteiger partial charge >= 0.3 is 0 Å². The van der Waals surface area contributed by atoms with Gasteiger partial charge in [-0.25, -0.2) is 4.98 Å². The highest BCUT2D eigenvalue weighted by Gasteiger charge is 2.02. The molecule has 0 aliphatic rings. The molecule has 0 radical (unpaired) electrons. The van der Waals surface area contributed by atoms with Crippen LogP contribution >= 0.6 is 38.6 Å². The van der Waals surface area contributed by atoms with Crippen LogP contribution in [-0.2, 0) is 11.3 Å². The highest BCUT2D eigenvalue weighted by atomic mass is 79.9. The molecule has 0 fully saturated rings. The van der Waals surface area contributed by atoms with Crippen molar-refractivity contribution in [1.29, 1.82) is 0 Å². The van der Waals surface area contributed by atoms with Gasteiger partial charge in [0.15, 0.2) is 0 Å². The minimum atomic E-state index is -0.0925. The zero-order valence-corrected chi connectivity index (χ0v) is 12.9. The summed E-state index contributed by atoms with van der Waals surface area (Å²) >= 11 is 6.53. The molecule has 2 aromatic heterocycles. The van der Waals surface area contributed by atoms with E-state index in [9.17, 15) is 4.79 Å². The molecule has 6 heteroatoms. The van der Waals surface area contributed by atoms with Crippen molar-refractivity contribution in [3.05, 3.63) is 43.0 Å². The van der Waals surface area contributed by atoms with Gasteiger partial charge in [-0.3, -0.25) is 4.79 Å². The minimum Gasteiger partial charge on any atom is -0.348 e. The number of hydrogen-bond donors (Lipinski definition) is 1. The molecular formula is C12H11BrN2OS2. The number of nitrogens with one attached hydrogen (secondary N) is 1. The van der Waals surface area contributed by atoms with Gasteiger partial charge in [0.25, 0.3) is 0 Å². The molecule has 0 saturated carbocycles. The van der Waals surface area contributed by atoms with Crippen LogP contribution in [0.5, 0.6) is 0 Å². The molecule has 1 N–H and O–H groups in total.